The van der Waals surface area contributed by atoms with Gasteiger partial charge in [-0.2, -0.15) is 5.26 Å². The molecule has 6 nitrogen and oxygen atoms in total. The fraction of sp³-hybridized carbons (Fsp3) is 0.167. The van der Waals surface area contributed by atoms with Crippen LogP contribution in [0.1, 0.15) is 21.5 Å². The molecule has 2 rings (SSSR count). The zero-order chi connectivity index (χ0) is 19.3. The number of methoxy groups -OCH3 is 1. The van der Waals surface area contributed by atoms with Gasteiger partial charge in [0.2, 0.25) is 0 Å². The molecular formula is C18H15F2N3O3. The lowest BCUT2D eigenvalue weighted by Crippen LogP contribution is -2.31. The topological polar surface area (TPSA) is 82.4 Å². The minimum atomic E-state index is -1.09. The van der Waals surface area contributed by atoms with Crippen molar-refractivity contribution >= 4 is 17.7 Å². The van der Waals surface area contributed by atoms with E-state index in [2.05, 4.69) is 10.1 Å². The minimum Gasteiger partial charge on any atom is -0.465 e. The summed E-state index contributed by atoms with van der Waals surface area (Å²) < 4.78 is 31.9. The van der Waals surface area contributed by atoms with E-state index in [0.717, 1.165) is 13.2 Å². The fourth-order valence-electron chi connectivity index (χ4n) is 2.21. The summed E-state index contributed by atoms with van der Waals surface area (Å²) in [5.74, 6) is -3.10. The first kappa shape index (κ1) is 18.9. The Labute approximate surface area is 148 Å². The van der Waals surface area contributed by atoms with Gasteiger partial charge in [0, 0.05) is 19.7 Å². The molecule has 0 fully saturated rings. The first-order valence-electron chi connectivity index (χ1n) is 7.44. The van der Waals surface area contributed by atoms with Crippen molar-refractivity contribution in [3.8, 4) is 6.07 Å². The number of anilines is 1. The van der Waals surface area contributed by atoms with Crippen molar-refractivity contribution in [2.24, 2.45) is 0 Å². The third kappa shape index (κ3) is 4.33. The van der Waals surface area contributed by atoms with Crippen LogP contribution in [0, 0.1) is 23.0 Å². The molecule has 0 saturated carbocycles. The molecule has 2 aromatic rings. The summed E-state index contributed by atoms with van der Waals surface area (Å²) >= 11 is 0. The number of nitriles is 1. The summed E-state index contributed by atoms with van der Waals surface area (Å²) in [6.45, 7) is 0.161. The van der Waals surface area contributed by atoms with Crippen LogP contribution in [-0.4, -0.2) is 31.1 Å². The molecule has 0 unspecified atom stereocenters. The van der Waals surface area contributed by atoms with Crippen molar-refractivity contribution in [1.82, 2.24) is 4.90 Å². The highest BCUT2D eigenvalue weighted by molar-refractivity contribution is 5.94. The van der Waals surface area contributed by atoms with Crippen LogP contribution >= 0.6 is 0 Å². The second-order valence-corrected chi connectivity index (χ2v) is 5.40. The Kier molecular flexibility index (Phi) is 5.86. The van der Waals surface area contributed by atoms with E-state index in [1.165, 1.54) is 11.9 Å². The number of esters is 1. The van der Waals surface area contributed by atoms with Crippen molar-refractivity contribution in [3.63, 3.8) is 0 Å². The van der Waals surface area contributed by atoms with Crippen LogP contribution in [0.2, 0.25) is 0 Å². The molecule has 26 heavy (non-hydrogen) atoms. The predicted octanol–water partition coefficient (Wildman–Crippen LogP) is 3.29. The number of hydrogen-bond donors (Lipinski definition) is 1. The van der Waals surface area contributed by atoms with Gasteiger partial charge in [-0.05, 0) is 23.8 Å². The van der Waals surface area contributed by atoms with Gasteiger partial charge in [0.15, 0.2) is 0 Å². The number of urea groups is 1. The lowest BCUT2D eigenvalue weighted by molar-refractivity contribution is 0.0595. The molecule has 0 bridgehead atoms. The average molecular weight is 359 g/mol. The molecule has 0 saturated heterocycles. The number of nitrogens with zero attached hydrogens (tertiary/aromatic N) is 2. The second-order valence-electron chi connectivity index (χ2n) is 5.40. The highest BCUT2D eigenvalue weighted by Gasteiger charge is 2.19. The third-order valence-electron chi connectivity index (χ3n) is 3.53. The lowest BCUT2D eigenvalue weighted by Gasteiger charge is -2.19. The zero-order valence-electron chi connectivity index (χ0n) is 14.0. The summed E-state index contributed by atoms with van der Waals surface area (Å²) in [7, 11) is 2.53. The SMILES string of the molecule is COC(=O)c1cc(NC(=O)N(C)Cc2cccc(C#N)c2)c(F)cc1F. The number of benzene rings is 2. The molecule has 0 aliphatic heterocycles. The van der Waals surface area contributed by atoms with E-state index in [1.54, 1.807) is 24.3 Å². The van der Waals surface area contributed by atoms with Crippen molar-refractivity contribution in [2.75, 3.05) is 19.5 Å². The molecule has 2 aromatic carbocycles. The standard InChI is InChI=1S/C18H15F2N3O3/c1-23(10-12-5-3-4-11(6-12)9-21)18(25)22-16-7-13(17(24)26-2)14(19)8-15(16)20/h3-8H,10H2,1-2H3,(H,22,25). The Bertz CT molecular complexity index is 894. The van der Waals surface area contributed by atoms with Crippen LogP contribution < -0.4 is 5.32 Å². The Morgan fingerprint density at radius 3 is 2.62 bits per heavy atom. The quantitative estimate of drug-likeness (QED) is 0.849. The molecule has 134 valence electrons. The van der Waals surface area contributed by atoms with Gasteiger partial charge >= 0.3 is 12.0 Å². The van der Waals surface area contributed by atoms with E-state index < -0.39 is 29.2 Å². The molecule has 0 spiro atoms. The summed E-state index contributed by atoms with van der Waals surface area (Å²) in [4.78, 5) is 25.0. The number of halogens is 2. The molecule has 0 heterocycles. The van der Waals surface area contributed by atoms with E-state index >= 15 is 0 Å². The number of ether oxygens (including phenoxy) is 1. The monoisotopic (exact) mass is 359 g/mol. The van der Waals surface area contributed by atoms with Crippen LogP contribution in [0.15, 0.2) is 36.4 Å². The number of carbonyl (C=O) groups is 2. The maximum atomic E-state index is 13.9. The van der Waals surface area contributed by atoms with Gasteiger partial charge in [-0.1, -0.05) is 12.1 Å². The average Bonchev–Trinajstić information content (AvgIpc) is 2.63. The van der Waals surface area contributed by atoms with Crippen molar-refractivity contribution < 1.29 is 23.1 Å². The van der Waals surface area contributed by atoms with Gasteiger partial charge in [0.1, 0.15) is 11.6 Å². The van der Waals surface area contributed by atoms with E-state index in [4.69, 9.17) is 5.26 Å². The Morgan fingerprint density at radius 2 is 1.96 bits per heavy atom. The van der Waals surface area contributed by atoms with Gasteiger partial charge in [-0.15, -0.1) is 0 Å². The van der Waals surface area contributed by atoms with Gasteiger partial charge in [0.25, 0.3) is 0 Å². The maximum absolute atomic E-state index is 13.9. The maximum Gasteiger partial charge on any atom is 0.340 e. The first-order valence-corrected chi connectivity index (χ1v) is 7.44. The molecular weight excluding hydrogens is 344 g/mol. The summed E-state index contributed by atoms with van der Waals surface area (Å²) in [5, 5.41) is 11.2. The molecule has 0 aromatic heterocycles. The van der Waals surface area contributed by atoms with Gasteiger partial charge < -0.3 is 15.0 Å². The van der Waals surface area contributed by atoms with Crippen LogP contribution in [0.4, 0.5) is 19.3 Å². The fourth-order valence-corrected chi connectivity index (χ4v) is 2.21. The van der Waals surface area contributed by atoms with Gasteiger partial charge in [-0.25, -0.2) is 18.4 Å². The molecule has 8 heteroatoms. The largest absolute Gasteiger partial charge is 0.465 e. The van der Waals surface area contributed by atoms with Crippen LogP contribution in [-0.2, 0) is 11.3 Å². The van der Waals surface area contributed by atoms with Crippen molar-refractivity contribution in [1.29, 1.82) is 5.26 Å². The van der Waals surface area contributed by atoms with Crippen LogP contribution in [0.5, 0.6) is 0 Å². The number of rotatable bonds is 4. The summed E-state index contributed by atoms with van der Waals surface area (Å²) in [6, 6.07) is 9.37. The Balaban J connectivity index is 2.16. The van der Waals surface area contributed by atoms with Crippen LogP contribution in [0.25, 0.3) is 0 Å². The predicted molar refractivity (Wildman–Crippen MR) is 89.3 cm³/mol. The van der Waals surface area contributed by atoms with Crippen molar-refractivity contribution in [3.05, 3.63) is 64.7 Å². The summed E-state index contributed by atoms with van der Waals surface area (Å²) in [6.07, 6.45) is 0. The van der Waals surface area contributed by atoms with Crippen LogP contribution in [0.3, 0.4) is 0 Å². The molecule has 0 atom stereocenters. The number of hydrogen-bond acceptors (Lipinski definition) is 4. The molecule has 1 N–H and O–H groups in total. The highest BCUT2D eigenvalue weighted by atomic mass is 19.1. The second kappa shape index (κ2) is 8.07. The van der Waals surface area contributed by atoms with Crippen molar-refractivity contribution in [2.45, 2.75) is 6.54 Å². The lowest BCUT2D eigenvalue weighted by atomic mass is 10.1. The van der Waals surface area contributed by atoms with Gasteiger partial charge in [0.05, 0.1) is 30.0 Å². The van der Waals surface area contributed by atoms with E-state index in [1.807, 2.05) is 6.07 Å². The van der Waals surface area contributed by atoms with E-state index in [0.29, 0.717) is 17.2 Å². The zero-order valence-corrected chi connectivity index (χ0v) is 14.0. The van der Waals surface area contributed by atoms with E-state index in [9.17, 15) is 18.4 Å². The minimum absolute atomic E-state index is 0.161. The Hall–Kier alpha value is -3.47. The molecule has 0 radical (unpaired) electrons. The third-order valence-corrected chi connectivity index (χ3v) is 3.53. The number of nitrogens with one attached hydrogen (secondary N) is 1. The molecule has 0 aliphatic carbocycles. The Morgan fingerprint density at radius 1 is 1.23 bits per heavy atom. The summed E-state index contributed by atoms with van der Waals surface area (Å²) in [5.41, 5.74) is 0.308. The van der Waals surface area contributed by atoms with Gasteiger partial charge in [-0.3, -0.25) is 0 Å². The molecule has 0 aliphatic rings. The smallest absolute Gasteiger partial charge is 0.340 e. The van der Waals surface area contributed by atoms with E-state index in [-0.39, 0.29) is 12.2 Å². The normalized spacial score (nSPS) is 9.96. The number of amides is 2. The first-order chi connectivity index (χ1) is 12.3. The number of carbonyl (C=O) groups excluding carboxylic acids is 2. The molecule has 2 amide bonds. The highest BCUT2D eigenvalue weighted by Crippen LogP contribution is 2.21.